The van der Waals surface area contributed by atoms with E-state index < -0.39 is 6.10 Å². The van der Waals surface area contributed by atoms with Crippen LogP contribution >= 0.6 is 11.6 Å². The van der Waals surface area contributed by atoms with Crippen molar-refractivity contribution in [1.29, 1.82) is 0 Å². The smallest absolute Gasteiger partial charge is 0.0844 e. The Labute approximate surface area is 113 Å². The third-order valence-electron chi connectivity index (χ3n) is 3.03. The molecule has 0 aromatic heterocycles. The van der Waals surface area contributed by atoms with Crippen LogP contribution in [0.4, 0.5) is 0 Å². The van der Waals surface area contributed by atoms with Gasteiger partial charge in [0.15, 0.2) is 0 Å². The molecule has 1 nitrogen and oxygen atoms in total. The van der Waals surface area contributed by atoms with Crippen LogP contribution in [0.1, 0.15) is 22.9 Å². The highest BCUT2D eigenvalue weighted by molar-refractivity contribution is 6.21. The van der Waals surface area contributed by atoms with E-state index in [0.717, 1.165) is 12.0 Å². The molecule has 0 aliphatic rings. The fourth-order valence-electron chi connectivity index (χ4n) is 1.96. The molecular weight excluding hydrogens is 244 g/mol. The second kappa shape index (κ2) is 6.58. The standard InChI is InChI=1S/C16H17ClO/c17-16(14-9-5-2-6-10-14)15(18)12-11-13-7-3-1-4-8-13/h1-10,15-16,18H,11-12H2/t15-,16?/m0/s1. The molecule has 2 rings (SSSR count). The minimum absolute atomic E-state index is 0.338. The van der Waals surface area contributed by atoms with Crippen molar-refractivity contribution in [3.8, 4) is 0 Å². The van der Waals surface area contributed by atoms with Crippen LogP contribution in [0, 0.1) is 0 Å². The first-order valence-corrected chi connectivity index (χ1v) is 6.62. The number of benzene rings is 2. The van der Waals surface area contributed by atoms with E-state index in [-0.39, 0.29) is 5.38 Å². The van der Waals surface area contributed by atoms with Crippen molar-refractivity contribution in [3.05, 3.63) is 71.8 Å². The third kappa shape index (κ3) is 3.59. The molecule has 0 fully saturated rings. The summed E-state index contributed by atoms with van der Waals surface area (Å²) in [6.07, 6.45) is 1.000. The lowest BCUT2D eigenvalue weighted by molar-refractivity contribution is 0.159. The molecule has 0 aliphatic carbocycles. The summed E-state index contributed by atoms with van der Waals surface area (Å²) < 4.78 is 0. The van der Waals surface area contributed by atoms with Gasteiger partial charge in [-0.15, -0.1) is 11.6 Å². The van der Waals surface area contributed by atoms with Crippen LogP contribution in [0.3, 0.4) is 0 Å². The molecule has 0 bridgehead atoms. The monoisotopic (exact) mass is 260 g/mol. The molecule has 2 aromatic carbocycles. The van der Waals surface area contributed by atoms with Gasteiger partial charge in [0, 0.05) is 0 Å². The summed E-state index contributed by atoms with van der Waals surface area (Å²) in [7, 11) is 0. The van der Waals surface area contributed by atoms with Crippen molar-refractivity contribution in [2.45, 2.75) is 24.3 Å². The fraction of sp³-hybridized carbons (Fsp3) is 0.250. The first kappa shape index (κ1) is 13.1. The first-order chi connectivity index (χ1) is 8.77. The molecule has 0 saturated carbocycles. The largest absolute Gasteiger partial charge is 0.391 e. The highest BCUT2D eigenvalue weighted by Crippen LogP contribution is 2.26. The maximum absolute atomic E-state index is 10.1. The third-order valence-corrected chi connectivity index (χ3v) is 3.57. The first-order valence-electron chi connectivity index (χ1n) is 6.18. The number of rotatable bonds is 5. The second-order valence-corrected chi connectivity index (χ2v) is 4.87. The molecular formula is C16H17ClO. The van der Waals surface area contributed by atoms with Gasteiger partial charge in [-0.25, -0.2) is 0 Å². The van der Waals surface area contributed by atoms with E-state index in [1.165, 1.54) is 5.56 Å². The van der Waals surface area contributed by atoms with Gasteiger partial charge in [-0.2, -0.15) is 0 Å². The Morgan fingerprint density at radius 1 is 0.889 bits per heavy atom. The summed E-state index contributed by atoms with van der Waals surface area (Å²) in [6.45, 7) is 0. The summed E-state index contributed by atoms with van der Waals surface area (Å²) >= 11 is 6.27. The Kier molecular flexibility index (Phi) is 4.80. The van der Waals surface area contributed by atoms with Gasteiger partial charge in [0.1, 0.15) is 0 Å². The maximum atomic E-state index is 10.1. The van der Waals surface area contributed by atoms with E-state index in [1.54, 1.807) is 0 Å². The number of aryl methyl sites for hydroxylation is 1. The zero-order valence-electron chi connectivity index (χ0n) is 10.2. The molecule has 2 aromatic rings. The van der Waals surface area contributed by atoms with Gasteiger partial charge < -0.3 is 5.11 Å². The number of aliphatic hydroxyl groups excluding tert-OH is 1. The second-order valence-electron chi connectivity index (χ2n) is 4.40. The quantitative estimate of drug-likeness (QED) is 0.807. The Morgan fingerprint density at radius 3 is 2.06 bits per heavy atom. The molecule has 0 aliphatic heterocycles. The SMILES string of the molecule is O[C@@H](CCc1ccccc1)C(Cl)c1ccccc1. The summed E-state index contributed by atoms with van der Waals surface area (Å²) in [5.41, 5.74) is 2.20. The Hall–Kier alpha value is -1.31. The molecule has 1 N–H and O–H groups in total. The number of hydrogen-bond acceptors (Lipinski definition) is 1. The van der Waals surface area contributed by atoms with Crippen molar-refractivity contribution < 1.29 is 5.11 Å². The average molecular weight is 261 g/mol. The van der Waals surface area contributed by atoms with E-state index in [1.807, 2.05) is 48.5 Å². The Balaban J connectivity index is 1.90. The van der Waals surface area contributed by atoms with Gasteiger partial charge in [-0.05, 0) is 24.0 Å². The molecule has 0 amide bonds. The van der Waals surface area contributed by atoms with Crippen LogP contribution in [-0.4, -0.2) is 11.2 Å². The average Bonchev–Trinajstić information content (AvgIpc) is 2.46. The molecule has 94 valence electrons. The van der Waals surface area contributed by atoms with Gasteiger partial charge in [0.2, 0.25) is 0 Å². The number of aliphatic hydroxyl groups is 1. The predicted octanol–water partition coefficient (Wildman–Crippen LogP) is 3.96. The normalized spacial score (nSPS) is 14.1. The highest BCUT2D eigenvalue weighted by atomic mass is 35.5. The van der Waals surface area contributed by atoms with Crippen molar-refractivity contribution in [2.24, 2.45) is 0 Å². The van der Waals surface area contributed by atoms with Crippen LogP contribution in [0.25, 0.3) is 0 Å². The zero-order valence-corrected chi connectivity index (χ0v) is 10.9. The van der Waals surface area contributed by atoms with Crippen molar-refractivity contribution in [1.82, 2.24) is 0 Å². The van der Waals surface area contributed by atoms with E-state index in [2.05, 4.69) is 12.1 Å². The van der Waals surface area contributed by atoms with Crippen molar-refractivity contribution in [3.63, 3.8) is 0 Å². The van der Waals surface area contributed by atoms with Crippen molar-refractivity contribution in [2.75, 3.05) is 0 Å². The molecule has 2 heteroatoms. The minimum atomic E-state index is -0.519. The Bertz CT molecular complexity index is 455. The van der Waals surface area contributed by atoms with Gasteiger partial charge in [0.25, 0.3) is 0 Å². The van der Waals surface area contributed by atoms with E-state index in [9.17, 15) is 5.11 Å². The summed E-state index contributed by atoms with van der Waals surface area (Å²) in [5, 5.41) is 9.76. The summed E-state index contributed by atoms with van der Waals surface area (Å²) in [4.78, 5) is 0. The van der Waals surface area contributed by atoms with Gasteiger partial charge in [-0.3, -0.25) is 0 Å². The highest BCUT2D eigenvalue weighted by Gasteiger charge is 2.17. The molecule has 1 unspecified atom stereocenters. The van der Waals surface area contributed by atoms with Crippen LogP contribution < -0.4 is 0 Å². The molecule has 2 atom stereocenters. The number of alkyl halides is 1. The molecule has 0 spiro atoms. The predicted molar refractivity (Wildman–Crippen MR) is 75.8 cm³/mol. The van der Waals surface area contributed by atoms with Gasteiger partial charge in [-0.1, -0.05) is 60.7 Å². The van der Waals surface area contributed by atoms with Crippen LogP contribution in [0.2, 0.25) is 0 Å². The lowest BCUT2D eigenvalue weighted by atomic mass is 10.0. The van der Waals surface area contributed by atoms with Crippen LogP contribution in [0.5, 0.6) is 0 Å². The van der Waals surface area contributed by atoms with Gasteiger partial charge >= 0.3 is 0 Å². The fourth-order valence-corrected chi connectivity index (χ4v) is 2.24. The van der Waals surface area contributed by atoms with E-state index >= 15 is 0 Å². The maximum Gasteiger partial charge on any atom is 0.0844 e. The number of hydrogen-bond donors (Lipinski definition) is 1. The van der Waals surface area contributed by atoms with Crippen molar-refractivity contribution >= 4 is 11.6 Å². The summed E-state index contributed by atoms with van der Waals surface area (Å²) in [5.74, 6) is 0. The molecule has 0 radical (unpaired) electrons. The molecule has 0 heterocycles. The minimum Gasteiger partial charge on any atom is -0.391 e. The lowest BCUT2D eigenvalue weighted by Gasteiger charge is -2.17. The van der Waals surface area contributed by atoms with E-state index in [0.29, 0.717) is 6.42 Å². The topological polar surface area (TPSA) is 20.2 Å². The number of halogens is 1. The van der Waals surface area contributed by atoms with Crippen LogP contribution in [-0.2, 0) is 6.42 Å². The summed E-state index contributed by atoms with van der Waals surface area (Å²) in [6, 6.07) is 19.9. The molecule has 18 heavy (non-hydrogen) atoms. The lowest BCUT2D eigenvalue weighted by Crippen LogP contribution is -2.14. The molecule has 0 saturated heterocycles. The van der Waals surface area contributed by atoms with E-state index in [4.69, 9.17) is 11.6 Å². The van der Waals surface area contributed by atoms with Crippen LogP contribution in [0.15, 0.2) is 60.7 Å². The Morgan fingerprint density at radius 2 is 1.44 bits per heavy atom. The zero-order chi connectivity index (χ0) is 12.8. The van der Waals surface area contributed by atoms with Gasteiger partial charge in [0.05, 0.1) is 11.5 Å².